The van der Waals surface area contributed by atoms with E-state index in [2.05, 4.69) is 19.7 Å². The molecule has 19 heavy (non-hydrogen) atoms. The molecule has 2 N–H and O–H groups in total. The maximum absolute atomic E-state index is 5.79. The zero-order valence-corrected chi connectivity index (χ0v) is 10.8. The van der Waals surface area contributed by atoms with Gasteiger partial charge in [0.2, 0.25) is 0 Å². The Hall–Kier alpha value is -1.69. The van der Waals surface area contributed by atoms with E-state index in [9.17, 15) is 0 Å². The van der Waals surface area contributed by atoms with Crippen LogP contribution in [0.3, 0.4) is 0 Å². The summed E-state index contributed by atoms with van der Waals surface area (Å²) in [6.45, 7) is 1.63. The second-order valence-electron chi connectivity index (χ2n) is 5.60. The van der Waals surface area contributed by atoms with Gasteiger partial charge in [0, 0.05) is 31.1 Å². The molecule has 1 saturated carbocycles. The standard InChI is InChI=1S/C13H17N5O/c14-8-13(4-5-13)12-16-11(19-17-12)9-7-18-6-2-1-3-10(18)15-9/h7H,1-6,8,14H2. The molecule has 0 bridgehead atoms. The van der Waals surface area contributed by atoms with Crippen LogP contribution in [0.15, 0.2) is 10.7 Å². The van der Waals surface area contributed by atoms with Gasteiger partial charge in [0.1, 0.15) is 11.5 Å². The molecule has 3 heterocycles. The Morgan fingerprint density at radius 2 is 2.21 bits per heavy atom. The van der Waals surface area contributed by atoms with Crippen LogP contribution in [0.25, 0.3) is 11.6 Å². The molecule has 0 aromatic carbocycles. The van der Waals surface area contributed by atoms with Gasteiger partial charge in [0.05, 0.1) is 0 Å². The Balaban J connectivity index is 1.67. The first-order chi connectivity index (χ1) is 9.31. The van der Waals surface area contributed by atoms with Gasteiger partial charge in [-0.2, -0.15) is 4.98 Å². The molecule has 0 unspecified atom stereocenters. The topological polar surface area (TPSA) is 82.8 Å². The molecule has 1 aliphatic carbocycles. The summed E-state index contributed by atoms with van der Waals surface area (Å²) in [5, 5.41) is 4.09. The highest BCUT2D eigenvalue weighted by Gasteiger charge is 2.47. The largest absolute Gasteiger partial charge is 0.334 e. The lowest BCUT2D eigenvalue weighted by Gasteiger charge is -2.11. The van der Waals surface area contributed by atoms with E-state index in [1.54, 1.807) is 0 Å². The first-order valence-corrected chi connectivity index (χ1v) is 6.91. The Morgan fingerprint density at radius 3 is 2.95 bits per heavy atom. The van der Waals surface area contributed by atoms with Crippen LogP contribution in [0.4, 0.5) is 0 Å². The molecule has 0 saturated heterocycles. The Morgan fingerprint density at radius 1 is 1.32 bits per heavy atom. The molecule has 0 spiro atoms. The Kier molecular flexibility index (Phi) is 2.29. The maximum Gasteiger partial charge on any atom is 0.278 e. The first-order valence-electron chi connectivity index (χ1n) is 6.91. The van der Waals surface area contributed by atoms with Crippen molar-refractivity contribution in [2.24, 2.45) is 5.73 Å². The molecule has 0 radical (unpaired) electrons. The molecular formula is C13H17N5O. The first kappa shape index (κ1) is 11.2. The van der Waals surface area contributed by atoms with E-state index in [4.69, 9.17) is 10.3 Å². The van der Waals surface area contributed by atoms with Gasteiger partial charge in [-0.1, -0.05) is 5.16 Å². The van der Waals surface area contributed by atoms with Gasteiger partial charge in [-0.15, -0.1) is 0 Å². The average molecular weight is 259 g/mol. The number of hydrogen-bond acceptors (Lipinski definition) is 5. The van der Waals surface area contributed by atoms with Crippen LogP contribution in [-0.2, 0) is 18.4 Å². The van der Waals surface area contributed by atoms with Crippen molar-refractivity contribution in [3.05, 3.63) is 17.8 Å². The molecule has 0 atom stereocenters. The summed E-state index contributed by atoms with van der Waals surface area (Å²) in [6.07, 6.45) is 7.60. The lowest BCUT2D eigenvalue weighted by Crippen LogP contribution is -2.21. The summed E-state index contributed by atoms with van der Waals surface area (Å²) >= 11 is 0. The number of imidazole rings is 1. The summed E-state index contributed by atoms with van der Waals surface area (Å²) < 4.78 is 7.56. The second-order valence-corrected chi connectivity index (χ2v) is 5.60. The number of rotatable bonds is 3. The number of aryl methyl sites for hydroxylation is 2. The monoisotopic (exact) mass is 259 g/mol. The van der Waals surface area contributed by atoms with Crippen LogP contribution in [0.1, 0.15) is 37.3 Å². The summed E-state index contributed by atoms with van der Waals surface area (Å²) in [6, 6.07) is 0. The van der Waals surface area contributed by atoms with Gasteiger partial charge < -0.3 is 14.8 Å². The van der Waals surface area contributed by atoms with Crippen LogP contribution in [0.5, 0.6) is 0 Å². The normalized spacial score (nSPS) is 20.3. The fourth-order valence-corrected chi connectivity index (χ4v) is 2.73. The van der Waals surface area contributed by atoms with Crippen molar-refractivity contribution in [2.45, 2.75) is 44.1 Å². The van der Waals surface area contributed by atoms with Crippen molar-refractivity contribution in [1.82, 2.24) is 19.7 Å². The number of fused-ring (bicyclic) bond motifs is 1. The maximum atomic E-state index is 5.79. The third-order valence-electron chi connectivity index (χ3n) is 4.27. The van der Waals surface area contributed by atoms with E-state index >= 15 is 0 Å². The van der Waals surface area contributed by atoms with Crippen molar-refractivity contribution >= 4 is 0 Å². The Bertz CT molecular complexity index is 587. The van der Waals surface area contributed by atoms with Crippen LogP contribution >= 0.6 is 0 Å². The second kappa shape index (κ2) is 3.90. The quantitative estimate of drug-likeness (QED) is 0.897. The van der Waals surface area contributed by atoms with Gasteiger partial charge in [-0.25, -0.2) is 4.98 Å². The summed E-state index contributed by atoms with van der Waals surface area (Å²) in [4.78, 5) is 9.09. The molecule has 4 rings (SSSR count). The van der Waals surface area contributed by atoms with Crippen LogP contribution < -0.4 is 5.73 Å². The zero-order valence-electron chi connectivity index (χ0n) is 10.8. The summed E-state index contributed by atoms with van der Waals surface area (Å²) in [5.74, 6) is 2.40. The van der Waals surface area contributed by atoms with E-state index in [0.29, 0.717) is 12.4 Å². The molecule has 2 aromatic rings. The van der Waals surface area contributed by atoms with E-state index in [-0.39, 0.29) is 5.41 Å². The third-order valence-corrected chi connectivity index (χ3v) is 4.27. The van der Waals surface area contributed by atoms with Crippen molar-refractivity contribution in [2.75, 3.05) is 6.54 Å². The highest BCUT2D eigenvalue weighted by Crippen LogP contribution is 2.46. The molecule has 0 amide bonds. The summed E-state index contributed by atoms with van der Waals surface area (Å²) in [5.41, 5.74) is 6.56. The van der Waals surface area contributed by atoms with Crippen molar-refractivity contribution in [3.8, 4) is 11.6 Å². The number of hydrogen-bond donors (Lipinski definition) is 1. The molecule has 2 aliphatic rings. The highest BCUT2D eigenvalue weighted by atomic mass is 16.5. The predicted octanol–water partition coefficient (Wildman–Crippen LogP) is 1.26. The van der Waals surface area contributed by atoms with Crippen LogP contribution in [0.2, 0.25) is 0 Å². The molecule has 1 aliphatic heterocycles. The number of nitrogens with zero attached hydrogens (tertiary/aromatic N) is 4. The molecule has 6 nitrogen and oxygen atoms in total. The summed E-state index contributed by atoms with van der Waals surface area (Å²) in [7, 11) is 0. The molecular weight excluding hydrogens is 242 g/mol. The molecule has 2 aromatic heterocycles. The fraction of sp³-hybridized carbons (Fsp3) is 0.615. The number of nitrogens with two attached hydrogens (primary N) is 1. The van der Waals surface area contributed by atoms with E-state index in [1.807, 2.05) is 6.20 Å². The Labute approximate surface area is 111 Å². The van der Waals surface area contributed by atoms with E-state index < -0.39 is 0 Å². The van der Waals surface area contributed by atoms with Crippen LogP contribution in [-0.4, -0.2) is 26.2 Å². The predicted molar refractivity (Wildman–Crippen MR) is 68.4 cm³/mol. The molecule has 100 valence electrons. The van der Waals surface area contributed by atoms with E-state index in [1.165, 1.54) is 12.8 Å². The van der Waals surface area contributed by atoms with Gasteiger partial charge in [0.15, 0.2) is 5.82 Å². The highest BCUT2D eigenvalue weighted by molar-refractivity contribution is 5.46. The van der Waals surface area contributed by atoms with Crippen molar-refractivity contribution in [3.63, 3.8) is 0 Å². The SMILES string of the molecule is NCC1(c2noc(-c3cn4c(n3)CCCC4)n2)CC1. The lowest BCUT2D eigenvalue weighted by atomic mass is 10.1. The van der Waals surface area contributed by atoms with Crippen molar-refractivity contribution in [1.29, 1.82) is 0 Å². The molecule has 6 heteroatoms. The van der Waals surface area contributed by atoms with Gasteiger partial charge in [-0.05, 0) is 25.7 Å². The van der Waals surface area contributed by atoms with Crippen molar-refractivity contribution < 1.29 is 4.52 Å². The minimum absolute atomic E-state index is 0.0267. The fourth-order valence-electron chi connectivity index (χ4n) is 2.73. The average Bonchev–Trinajstić information content (AvgIpc) is 2.90. The van der Waals surface area contributed by atoms with Gasteiger partial charge >= 0.3 is 0 Å². The lowest BCUT2D eigenvalue weighted by molar-refractivity contribution is 0.412. The minimum Gasteiger partial charge on any atom is -0.334 e. The van der Waals surface area contributed by atoms with Gasteiger partial charge in [-0.3, -0.25) is 0 Å². The molecule has 1 fully saturated rings. The minimum atomic E-state index is -0.0267. The number of aromatic nitrogens is 4. The van der Waals surface area contributed by atoms with Crippen LogP contribution in [0, 0.1) is 0 Å². The van der Waals surface area contributed by atoms with E-state index in [0.717, 1.165) is 43.1 Å². The third kappa shape index (κ3) is 1.70. The van der Waals surface area contributed by atoms with Gasteiger partial charge in [0.25, 0.3) is 5.89 Å². The zero-order chi connectivity index (χ0) is 12.9. The smallest absolute Gasteiger partial charge is 0.278 e.